The number of guanidine groups is 1. The lowest BCUT2D eigenvalue weighted by atomic mass is 10.2. The fourth-order valence-electron chi connectivity index (χ4n) is 3.17. The van der Waals surface area contributed by atoms with Crippen LogP contribution in [0.3, 0.4) is 0 Å². The molecule has 7 nitrogen and oxygen atoms in total. The normalized spacial score (nSPS) is 18.2. The van der Waals surface area contributed by atoms with Gasteiger partial charge in [0.25, 0.3) is 0 Å². The first-order valence-electron chi connectivity index (χ1n) is 8.73. The van der Waals surface area contributed by atoms with Gasteiger partial charge in [0.15, 0.2) is 17.5 Å². The van der Waals surface area contributed by atoms with E-state index in [1.165, 1.54) is 0 Å². The first-order valence-corrected chi connectivity index (χ1v) is 8.73. The summed E-state index contributed by atoms with van der Waals surface area (Å²) in [5, 5.41) is 3.41. The first-order chi connectivity index (χ1) is 12.8. The van der Waals surface area contributed by atoms with Gasteiger partial charge in [0.2, 0.25) is 12.7 Å². The minimum atomic E-state index is 0. The standard InChI is InChI=1S/C19H22N4O3.HI/c1-20-19(22-11-14-5-6-16-17(10-14)25-13-24-16)23-9-7-15(12-23)26-18-4-2-3-8-21-18;/h2-6,8,10,15H,7,9,11-13H2,1H3,(H,20,22);1H. The number of hydrogen-bond donors (Lipinski definition) is 1. The third-order valence-electron chi connectivity index (χ3n) is 4.47. The van der Waals surface area contributed by atoms with Crippen LogP contribution in [0.15, 0.2) is 47.6 Å². The van der Waals surface area contributed by atoms with Crippen molar-refractivity contribution in [3.05, 3.63) is 48.2 Å². The Labute approximate surface area is 175 Å². The van der Waals surface area contributed by atoms with Gasteiger partial charge in [-0.25, -0.2) is 4.98 Å². The zero-order chi connectivity index (χ0) is 17.8. The third kappa shape index (κ3) is 4.74. The van der Waals surface area contributed by atoms with Gasteiger partial charge in [0, 0.05) is 38.8 Å². The van der Waals surface area contributed by atoms with E-state index in [1.807, 2.05) is 36.4 Å². The second-order valence-electron chi connectivity index (χ2n) is 6.23. The zero-order valence-electron chi connectivity index (χ0n) is 15.1. The molecule has 8 heteroatoms. The fraction of sp³-hybridized carbons (Fsp3) is 0.368. The number of ether oxygens (including phenoxy) is 3. The predicted octanol–water partition coefficient (Wildman–Crippen LogP) is 2.66. The largest absolute Gasteiger partial charge is 0.472 e. The first kappa shape index (κ1) is 19.5. The molecule has 1 fully saturated rings. The van der Waals surface area contributed by atoms with Crippen LogP contribution in [0, 0.1) is 0 Å². The maximum atomic E-state index is 5.95. The van der Waals surface area contributed by atoms with Crippen LogP contribution in [-0.4, -0.2) is 48.9 Å². The molecule has 144 valence electrons. The third-order valence-corrected chi connectivity index (χ3v) is 4.47. The Morgan fingerprint density at radius 2 is 2.19 bits per heavy atom. The van der Waals surface area contributed by atoms with Crippen LogP contribution in [0.1, 0.15) is 12.0 Å². The van der Waals surface area contributed by atoms with Crippen molar-refractivity contribution in [3.8, 4) is 17.4 Å². The van der Waals surface area contributed by atoms with Crippen molar-refractivity contribution in [1.82, 2.24) is 15.2 Å². The van der Waals surface area contributed by atoms with E-state index < -0.39 is 0 Å². The van der Waals surface area contributed by atoms with Gasteiger partial charge in [-0.05, 0) is 23.8 Å². The van der Waals surface area contributed by atoms with Crippen LogP contribution >= 0.6 is 24.0 Å². The fourth-order valence-corrected chi connectivity index (χ4v) is 3.17. The lowest BCUT2D eigenvalue weighted by molar-refractivity contribution is 0.174. The molecule has 1 aromatic heterocycles. The van der Waals surface area contributed by atoms with E-state index in [1.54, 1.807) is 13.2 Å². The number of nitrogens with one attached hydrogen (secondary N) is 1. The molecule has 0 bridgehead atoms. The second-order valence-corrected chi connectivity index (χ2v) is 6.23. The smallest absolute Gasteiger partial charge is 0.231 e. The van der Waals surface area contributed by atoms with E-state index in [4.69, 9.17) is 14.2 Å². The van der Waals surface area contributed by atoms with E-state index in [0.717, 1.165) is 42.5 Å². The number of nitrogens with zero attached hydrogens (tertiary/aromatic N) is 3. The minimum absolute atomic E-state index is 0. The molecule has 0 aliphatic carbocycles. The Morgan fingerprint density at radius 3 is 3.00 bits per heavy atom. The summed E-state index contributed by atoms with van der Waals surface area (Å²) in [6.45, 7) is 2.65. The van der Waals surface area contributed by atoms with Crippen molar-refractivity contribution < 1.29 is 14.2 Å². The van der Waals surface area contributed by atoms with E-state index in [9.17, 15) is 0 Å². The molecule has 2 aromatic rings. The summed E-state index contributed by atoms with van der Waals surface area (Å²) in [6.07, 6.45) is 2.81. The molecule has 1 atom stereocenters. The Bertz CT molecular complexity index is 788. The van der Waals surface area contributed by atoms with Crippen LogP contribution in [0.4, 0.5) is 0 Å². The van der Waals surface area contributed by atoms with Gasteiger partial charge in [0.1, 0.15) is 6.10 Å². The van der Waals surface area contributed by atoms with Crippen molar-refractivity contribution in [2.75, 3.05) is 26.9 Å². The van der Waals surface area contributed by atoms with Gasteiger partial charge in [-0.3, -0.25) is 4.99 Å². The Kier molecular flexibility index (Phi) is 6.59. The highest BCUT2D eigenvalue weighted by molar-refractivity contribution is 14.0. The topological polar surface area (TPSA) is 68.2 Å². The van der Waals surface area contributed by atoms with Crippen molar-refractivity contribution in [1.29, 1.82) is 0 Å². The molecule has 1 N–H and O–H groups in total. The highest BCUT2D eigenvalue weighted by atomic mass is 127. The monoisotopic (exact) mass is 482 g/mol. The molecule has 27 heavy (non-hydrogen) atoms. The van der Waals surface area contributed by atoms with Gasteiger partial charge >= 0.3 is 0 Å². The molecule has 0 saturated carbocycles. The molecular formula is C19H23IN4O3. The molecule has 1 aromatic carbocycles. The van der Waals surface area contributed by atoms with Gasteiger partial charge in [0.05, 0.1) is 6.54 Å². The van der Waals surface area contributed by atoms with Gasteiger partial charge < -0.3 is 24.4 Å². The number of halogens is 1. The molecule has 0 spiro atoms. The maximum absolute atomic E-state index is 5.95. The number of fused-ring (bicyclic) bond motifs is 1. The van der Waals surface area contributed by atoms with Crippen LogP contribution in [0.5, 0.6) is 17.4 Å². The highest BCUT2D eigenvalue weighted by Crippen LogP contribution is 2.32. The van der Waals surface area contributed by atoms with Gasteiger partial charge in [-0.2, -0.15) is 0 Å². The minimum Gasteiger partial charge on any atom is -0.472 e. The summed E-state index contributed by atoms with van der Waals surface area (Å²) in [4.78, 5) is 10.8. The van der Waals surface area contributed by atoms with Crippen molar-refractivity contribution in [2.45, 2.75) is 19.1 Å². The predicted molar refractivity (Wildman–Crippen MR) is 113 cm³/mol. The summed E-state index contributed by atoms with van der Waals surface area (Å²) >= 11 is 0. The molecular weight excluding hydrogens is 459 g/mol. The Hall–Kier alpha value is -2.23. The lowest BCUT2D eigenvalue weighted by Gasteiger charge is -2.21. The van der Waals surface area contributed by atoms with E-state index in [0.29, 0.717) is 19.2 Å². The number of aliphatic imine (C=N–C) groups is 1. The summed E-state index contributed by atoms with van der Waals surface area (Å²) in [5.41, 5.74) is 1.12. The van der Waals surface area contributed by atoms with Gasteiger partial charge in [-0.1, -0.05) is 12.1 Å². The molecule has 4 rings (SSSR count). The van der Waals surface area contributed by atoms with E-state index in [2.05, 4.69) is 20.2 Å². The van der Waals surface area contributed by atoms with Crippen LogP contribution < -0.4 is 19.5 Å². The van der Waals surface area contributed by atoms with E-state index in [-0.39, 0.29) is 30.1 Å². The number of pyridine rings is 1. The quantitative estimate of drug-likeness (QED) is 0.411. The number of rotatable bonds is 4. The molecule has 2 aliphatic rings. The molecule has 1 unspecified atom stereocenters. The van der Waals surface area contributed by atoms with Crippen LogP contribution in [0.2, 0.25) is 0 Å². The second kappa shape index (κ2) is 9.12. The Morgan fingerprint density at radius 1 is 1.30 bits per heavy atom. The van der Waals surface area contributed by atoms with Gasteiger partial charge in [-0.15, -0.1) is 24.0 Å². The number of benzene rings is 1. The lowest BCUT2D eigenvalue weighted by Crippen LogP contribution is -2.40. The summed E-state index contributed by atoms with van der Waals surface area (Å²) in [6, 6.07) is 11.7. The molecule has 0 radical (unpaired) electrons. The van der Waals surface area contributed by atoms with Crippen molar-refractivity contribution >= 4 is 29.9 Å². The van der Waals surface area contributed by atoms with Crippen molar-refractivity contribution in [3.63, 3.8) is 0 Å². The number of hydrogen-bond acceptors (Lipinski definition) is 5. The molecule has 1 saturated heterocycles. The number of aromatic nitrogens is 1. The van der Waals surface area contributed by atoms with Crippen LogP contribution in [0.25, 0.3) is 0 Å². The zero-order valence-corrected chi connectivity index (χ0v) is 17.5. The average Bonchev–Trinajstić information content (AvgIpc) is 3.32. The SMILES string of the molecule is CN=C(NCc1ccc2c(c1)OCO2)N1CCC(Oc2ccccn2)C1.I. The highest BCUT2D eigenvalue weighted by Gasteiger charge is 2.26. The van der Waals surface area contributed by atoms with Crippen molar-refractivity contribution in [2.24, 2.45) is 4.99 Å². The molecule has 2 aliphatic heterocycles. The summed E-state index contributed by atoms with van der Waals surface area (Å²) in [5.74, 6) is 3.13. The summed E-state index contributed by atoms with van der Waals surface area (Å²) in [7, 11) is 1.80. The molecule has 3 heterocycles. The molecule has 0 amide bonds. The number of likely N-dealkylation sites (tertiary alicyclic amines) is 1. The summed E-state index contributed by atoms with van der Waals surface area (Å²) < 4.78 is 16.7. The van der Waals surface area contributed by atoms with E-state index >= 15 is 0 Å². The Balaban J connectivity index is 0.00000210. The average molecular weight is 482 g/mol. The maximum Gasteiger partial charge on any atom is 0.231 e. The van der Waals surface area contributed by atoms with Crippen LogP contribution in [-0.2, 0) is 6.54 Å².